The van der Waals surface area contributed by atoms with Crippen LogP contribution in [0.4, 0.5) is 5.82 Å². The second kappa shape index (κ2) is 9.56. The van der Waals surface area contributed by atoms with Gasteiger partial charge in [0, 0.05) is 0 Å². The van der Waals surface area contributed by atoms with Crippen molar-refractivity contribution in [2.24, 2.45) is 0 Å². The lowest BCUT2D eigenvalue weighted by Gasteiger charge is -2.40. The number of rotatable bonds is 10. The van der Waals surface area contributed by atoms with Gasteiger partial charge >= 0.3 is 17.9 Å². The normalized spacial score (nSPS) is 29.9. The van der Waals surface area contributed by atoms with Crippen LogP contribution in [0, 0.1) is 0 Å². The number of amides is 2. The fourth-order valence-electron chi connectivity index (χ4n) is 4.76. The Bertz CT molecular complexity index is 1330. The van der Waals surface area contributed by atoms with Crippen LogP contribution in [0.15, 0.2) is 12.7 Å². The number of hydrogen-bond acceptors (Lipinski definition) is 13. The smallest absolute Gasteiger partial charge is 0.306 e. The minimum absolute atomic E-state index is 0.00141. The van der Waals surface area contributed by atoms with Gasteiger partial charge in [-0.25, -0.2) is 15.0 Å². The highest BCUT2D eigenvalue weighted by Gasteiger charge is 2.70. The molecule has 204 valence electrons. The summed E-state index contributed by atoms with van der Waals surface area (Å²) in [7, 11) is 0. The predicted molar refractivity (Wildman–Crippen MR) is 117 cm³/mol. The molecule has 0 saturated carbocycles. The SMILES string of the molecule is Nc1ncnc2c1ncn2[C@@H]1O[C@H](C(CC(=O)O)O[C@@H]2CC(=O)NC2=O)[C@](O)(CC(=O)O)[C@]1(O)CC(=O)O. The highest BCUT2D eigenvalue weighted by Crippen LogP contribution is 2.52. The molecule has 2 amide bonds. The number of aliphatic carboxylic acids is 3. The maximum absolute atomic E-state index is 12.1. The van der Waals surface area contributed by atoms with Crippen molar-refractivity contribution in [3.05, 3.63) is 12.7 Å². The third kappa shape index (κ3) is 4.49. The summed E-state index contributed by atoms with van der Waals surface area (Å²) in [4.78, 5) is 70.8. The van der Waals surface area contributed by atoms with Gasteiger partial charge < -0.3 is 40.7 Å². The topological polar surface area (TPSA) is 287 Å². The first-order valence-corrected chi connectivity index (χ1v) is 10.9. The Labute approximate surface area is 211 Å². The summed E-state index contributed by atoms with van der Waals surface area (Å²) in [6, 6.07) is 0. The highest BCUT2D eigenvalue weighted by molar-refractivity contribution is 6.04. The summed E-state index contributed by atoms with van der Waals surface area (Å²) in [6.07, 6.45) is -9.45. The van der Waals surface area contributed by atoms with Gasteiger partial charge in [-0.3, -0.25) is 33.9 Å². The maximum atomic E-state index is 12.1. The van der Waals surface area contributed by atoms with Gasteiger partial charge in [-0.15, -0.1) is 0 Å². The molecule has 2 aliphatic heterocycles. The zero-order valence-electron chi connectivity index (χ0n) is 19.3. The molecule has 4 heterocycles. The number of carboxylic acid groups (broad SMARTS) is 3. The van der Waals surface area contributed by atoms with E-state index >= 15 is 0 Å². The fourth-order valence-corrected chi connectivity index (χ4v) is 4.76. The van der Waals surface area contributed by atoms with Crippen LogP contribution in [0.1, 0.15) is 31.9 Å². The van der Waals surface area contributed by atoms with Crippen molar-refractivity contribution in [3.63, 3.8) is 0 Å². The van der Waals surface area contributed by atoms with Crippen molar-refractivity contribution in [2.75, 3.05) is 5.73 Å². The molecular weight excluding hydrogens is 516 g/mol. The molecule has 8 N–H and O–H groups in total. The lowest BCUT2D eigenvalue weighted by Crippen LogP contribution is -2.62. The molecule has 2 aromatic rings. The Hall–Kier alpha value is -4.26. The third-order valence-corrected chi connectivity index (χ3v) is 6.36. The number of nitrogen functional groups attached to an aromatic ring is 1. The molecule has 4 rings (SSSR count). The second-order valence-electron chi connectivity index (χ2n) is 8.86. The monoisotopic (exact) mass is 538 g/mol. The number of fused-ring (bicyclic) bond motifs is 1. The molecule has 1 unspecified atom stereocenters. The van der Waals surface area contributed by atoms with E-state index in [-0.39, 0.29) is 17.0 Å². The average Bonchev–Trinajstić information content (AvgIpc) is 3.40. The van der Waals surface area contributed by atoms with E-state index in [4.69, 9.17) is 15.2 Å². The van der Waals surface area contributed by atoms with Crippen molar-refractivity contribution in [3.8, 4) is 0 Å². The number of hydrogen-bond donors (Lipinski definition) is 7. The molecule has 6 atom stereocenters. The number of nitrogens with two attached hydrogens (primary N) is 1. The Morgan fingerprint density at radius 1 is 1.11 bits per heavy atom. The third-order valence-electron chi connectivity index (χ3n) is 6.36. The summed E-state index contributed by atoms with van der Waals surface area (Å²) in [5.74, 6) is -6.69. The van der Waals surface area contributed by atoms with E-state index in [1.807, 2.05) is 5.32 Å². The van der Waals surface area contributed by atoms with Crippen molar-refractivity contribution in [1.29, 1.82) is 0 Å². The number of carboxylic acids is 3. The van der Waals surface area contributed by atoms with Gasteiger partial charge in [-0.1, -0.05) is 0 Å². The van der Waals surface area contributed by atoms with E-state index in [9.17, 15) is 49.5 Å². The average molecular weight is 538 g/mol. The quantitative estimate of drug-likeness (QED) is 0.148. The van der Waals surface area contributed by atoms with Crippen LogP contribution in [-0.2, 0) is 33.4 Å². The molecule has 2 aromatic heterocycles. The van der Waals surface area contributed by atoms with Crippen LogP contribution in [-0.4, -0.2) is 104 Å². The van der Waals surface area contributed by atoms with Gasteiger partial charge in [0.15, 0.2) is 23.3 Å². The van der Waals surface area contributed by atoms with Crippen molar-refractivity contribution in [2.45, 2.75) is 61.4 Å². The van der Waals surface area contributed by atoms with E-state index in [0.29, 0.717) is 0 Å². The molecule has 0 aromatic carbocycles. The molecular formula is C20H22N6O12. The van der Waals surface area contributed by atoms with Crippen LogP contribution >= 0.6 is 0 Å². The van der Waals surface area contributed by atoms with Gasteiger partial charge in [-0.05, 0) is 0 Å². The Balaban J connectivity index is 1.87. The predicted octanol–water partition coefficient (Wildman–Crippen LogP) is -3.01. The van der Waals surface area contributed by atoms with E-state index in [0.717, 1.165) is 17.2 Å². The summed E-state index contributed by atoms with van der Waals surface area (Å²) in [5.41, 5.74) is -0.291. The Morgan fingerprint density at radius 2 is 1.76 bits per heavy atom. The van der Waals surface area contributed by atoms with Crippen LogP contribution < -0.4 is 11.1 Å². The van der Waals surface area contributed by atoms with Crippen molar-refractivity contribution in [1.82, 2.24) is 24.8 Å². The molecule has 18 heteroatoms. The van der Waals surface area contributed by atoms with Gasteiger partial charge in [0.25, 0.3) is 5.91 Å². The minimum atomic E-state index is -3.02. The summed E-state index contributed by atoms with van der Waals surface area (Å²) >= 11 is 0. The molecule has 2 aliphatic rings. The molecule has 18 nitrogen and oxygen atoms in total. The summed E-state index contributed by atoms with van der Waals surface area (Å²) in [6.45, 7) is 0. The maximum Gasteiger partial charge on any atom is 0.306 e. The van der Waals surface area contributed by atoms with E-state index in [1.54, 1.807) is 0 Å². The number of anilines is 1. The van der Waals surface area contributed by atoms with Crippen LogP contribution in [0.2, 0.25) is 0 Å². The molecule has 38 heavy (non-hydrogen) atoms. The van der Waals surface area contributed by atoms with Gasteiger partial charge in [0.2, 0.25) is 5.91 Å². The number of aliphatic hydroxyl groups is 2. The van der Waals surface area contributed by atoms with Gasteiger partial charge in [-0.2, -0.15) is 0 Å². The van der Waals surface area contributed by atoms with Crippen molar-refractivity contribution >= 4 is 46.7 Å². The van der Waals surface area contributed by atoms with Gasteiger partial charge in [0.1, 0.15) is 29.7 Å². The number of nitrogens with one attached hydrogen (secondary N) is 1. The first-order chi connectivity index (χ1) is 17.8. The number of imidazole rings is 1. The van der Waals surface area contributed by atoms with Crippen LogP contribution in [0.5, 0.6) is 0 Å². The lowest BCUT2D eigenvalue weighted by atomic mass is 9.73. The molecule has 0 bridgehead atoms. The molecule has 2 fully saturated rings. The largest absolute Gasteiger partial charge is 0.481 e. The summed E-state index contributed by atoms with van der Waals surface area (Å²) in [5, 5.41) is 54.0. The number of carbonyl (C=O) groups is 5. The highest BCUT2D eigenvalue weighted by atomic mass is 16.6. The fraction of sp³-hybridized carbons (Fsp3) is 0.500. The number of imide groups is 1. The number of ether oxygens (including phenoxy) is 2. The van der Waals surface area contributed by atoms with Crippen LogP contribution in [0.3, 0.4) is 0 Å². The molecule has 0 radical (unpaired) electrons. The van der Waals surface area contributed by atoms with Gasteiger partial charge in [0.05, 0.1) is 38.1 Å². The standard InChI is InChI=1S/C20H22N6O12/c21-15-13-16(23-5-22-15)26(6-24-13)18-20(36,4-12(32)33)19(35,3-11(30)31)14(38-18)7(2-10(28)29)37-8-1-9(27)25-17(8)34/h5-8,14,18,35-36H,1-4H2,(H,28,29)(H,30,31)(H,32,33)(H2,21,22,23)(H,25,27,34)/t7?,8-,14-,18-,19-,20+/m1/s1. The Morgan fingerprint density at radius 3 is 2.34 bits per heavy atom. The zero-order chi connectivity index (χ0) is 28.0. The van der Waals surface area contributed by atoms with E-state index < -0.39 is 91.1 Å². The zero-order valence-corrected chi connectivity index (χ0v) is 19.3. The first kappa shape index (κ1) is 26.8. The van der Waals surface area contributed by atoms with E-state index in [1.165, 1.54) is 0 Å². The lowest BCUT2D eigenvalue weighted by molar-refractivity contribution is -0.194. The number of carbonyl (C=O) groups excluding carboxylic acids is 2. The van der Waals surface area contributed by atoms with Crippen LogP contribution in [0.25, 0.3) is 11.2 Å². The molecule has 0 spiro atoms. The van der Waals surface area contributed by atoms with Crippen molar-refractivity contribution < 1.29 is 59.0 Å². The number of aromatic nitrogens is 4. The van der Waals surface area contributed by atoms with E-state index in [2.05, 4.69) is 15.0 Å². The summed E-state index contributed by atoms with van der Waals surface area (Å²) < 4.78 is 12.3. The number of nitrogens with zero attached hydrogens (tertiary/aromatic N) is 4. The second-order valence-corrected chi connectivity index (χ2v) is 8.86. The Kier molecular flexibility index (Phi) is 6.74. The minimum Gasteiger partial charge on any atom is -0.481 e. The molecule has 0 aliphatic carbocycles. The first-order valence-electron chi connectivity index (χ1n) is 10.9. The molecule has 2 saturated heterocycles.